The highest BCUT2D eigenvalue weighted by atomic mass is 79.9. The number of hydrogen-bond donors (Lipinski definition) is 1. The number of rotatable bonds is 4. The van der Waals surface area contributed by atoms with Gasteiger partial charge < -0.3 is 9.84 Å². The van der Waals surface area contributed by atoms with Gasteiger partial charge in [-0.2, -0.15) is 0 Å². The molecule has 0 spiro atoms. The van der Waals surface area contributed by atoms with Crippen LogP contribution in [-0.4, -0.2) is 21.0 Å². The Morgan fingerprint density at radius 3 is 2.70 bits per heavy atom. The van der Waals surface area contributed by atoms with Crippen LogP contribution in [-0.2, 0) is 4.79 Å². The molecule has 0 radical (unpaired) electrons. The topological polar surface area (TPSA) is 72.3 Å². The second-order valence-corrected chi connectivity index (χ2v) is 4.50. The molecule has 0 bridgehead atoms. The quantitative estimate of drug-likeness (QED) is 0.866. The Morgan fingerprint density at radius 1 is 1.35 bits per heavy atom. The molecule has 20 heavy (non-hydrogen) atoms. The summed E-state index contributed by atoms with van der Waals surface area (Å²) in [6.07, 6.45) is 5.12. The molecule has 2 aromatic rings. The molecule has 1 aromatic heterocycles. The lowest BCUT2D eigenvalue weighted by Gasteiger charge is -2.05. The van der Waals surface area contributed by atoms with Gasteiger partial charge in [-0.05, 0) is 34.1 Å². The maximum Gasteiger partial charge on any atom is 0.328 e. The minimum Gasteiger partial charge on any atom is -0.478 e. The van der Waals surface area contributed by atoms with Crippen LogP contribution < -0.4 is 4.74 Å². The SMILES string of the molecule is O=C(O)/C=C/c1cnc(Oc2cc(F)ccc2Br)nc1. The van der Waals surface area contributed by atoms with Crippen molar-refractivity contribution in [1.29, 1.82) is 0 Å². The normalized spacial score (nSPS) is 10.7. The number of carboxylic acid groups (broad SMARTS) is 1. The second kappa shape index (κ2) is 6.25. The molecule has 5 nitrogen and oxygen atoms in total. The lowest BCUT2D eigenvalue weighted by Crippen LogP contribution is -1.93. The van der Waals surface area contributed by atoms with E-state index in [9.17, 15) is 9.18 Å². The molecule has 1 N–H and O–H groups in total. The van der Waals surface area contributed by atoms with Crippen molar-refractivity contribution in [2.45, 2.75) is 0 Å². The Labute approximate surface area is 121 Å². The maximum absolute atomic E-state index is 13.1. The van der Waals surface area contributed by atoms with E-state index in [0.717, 1.165) is 6.08 Å². The van der Waals surface area contributed by atoms with E-state index in [2.05, 4.69) is 25.9 Å². The molecule has 0 saturated carbocycles. The lowest BCUT2D eigenvalue weighted by atomic mass is 10.3. The summed E-state index contributed by atoms with van der Waals surface area (Å²) in [5.74, 6) is -1.25. The van der Waals surface area contributed by atoms with Crippen molar-refractivity contribution in [3.8, 4) is 11.8 Å². The third-order valence-corrected chi connectivity index (χ3v) is 2.82. The van der Waals surface area contributed by atoms with Gasteiger partial charge >= 0.3 is 12.0 Å². The molecule has 102 valence electrons. The summed E-state index contributed by atoms with van der Waals surface area (Å²) in [4.78, 5) is 18.2. The largest absolute Gasteiger partial charge is 0.478 e. The number of aromatic nitrogens is 2. The van der Waals surface area contributed by atoms with Crippen molar-refractivity contribution in [3.05, 3.63) is 52.5 Å². The standard InChI is InChI=1S/C13H8BrFN2O3/c14-10-3-2-9(15)5-11(10)20-13-16-6-8(7-17-13)1-4-12(18)19/h1-7H,(H,18,19)/b4-1+. The van der Waals surface area contributed by atoms with Crippen LogP contribution in [0, 0.1) is 5.82 Å². The molecular formula is C13H8BrFN2O3. The zero-order chi connectivity index (χ0) is 14.5. The molecule has 0 fully saturated rings. The van der Waals surface area contributed by atoms with E-state index < -0.39 is 11.8 Å². The van der Waals surface area contributed by atoms with Gasteiger partial charge in [0.1, 0.15) is 11.6 Å². The average Bonchev–Trinajstić information content (AvgIpc) is 2.42. The van der Waals surface area contributed by atoms with Gasteiger partial charge in [0, 0.05) is 30.1 Å². The van der Waals surface area contributed by atoms with E-state index in [4.69, 9.17) is 9.84 Å². The van der Waals surface area contributed by atoms with E-state index in [1.165, 1.54) is 36.7 Å². The Morgan fingerprint density at radius 2 is 2.05 bits per heavy atom. The molecule has 1 heterocycles. The molecule has 7 heteroatoms. The van der Waals surface area contributed by atoms with Crippen LogP contribution in [0.3, 0.4) is 0 Å². The number of nitrogens with zero attached hydrogens (tertiary/aromatic N) is 2. The van der Waals surface area contributed by atoms with Crippen LogP contribution in [0.4, 0.5) is 4.39 Å². The first-order chi connectivity index (χ1) is 9.54. The molecule has 1 aromatic carbocycles. The highest BCUT2D eigenvalue weighted by Crippen LogP contribution is 2.28. The van der Waals surface area contributed by atoms with Crippen LogP contribution >= 0.6 is 15.9 Å². The molecule has 0 aliphatic rings. The van der Waals surface area contributed by atoms with Crippen molar-refractivity contribution < 1.29 is 19.0 Å². The van der Waals surface area contributed by atoms with Crippen molar-refractivity contribution in [1.82, 2.24) is 9.97 Å². The summed E-state index contributed by atoms with van der Waals surface area (Å²) in [6, 6.07) is 4.03. The number of ether oxygens (including phenoxy) is 1. The average molecular weight is 339 g/mol. The summed E-state index contributed by atoms with van der Waals surface area (Å²) >= 11 is 3.22. The number of carboxylic acids is 1. The van der Waals surface area contributed by atoms with Crippen molar-refractivity contribution >= 4 is 28.0 Å². The minimum absolute atomic E-state index is 0.0313. The fourth-order valence-electron chi connectivity index (χ4n) is 1.29. The summed E-state index contributed by atoms with van der Waals surface area (Å²) < 4.78 is 19.0. The van der Waals surface area contributed by atoms with Gasteiger partial charge in [-0.25, -0.2) is 19.2 Å². The van der Waals surface area contributed by atoms with Crippen LogP contribution in [0.5, 0.6) is 11.8 Å². The monoisotopic (exact) mass is 338 g/mol. The smallest absolute Gasteiger partial charge is 0.328 e. The van der Waals surface area contributed by atoms with Crippen molar-refractivity contribution in [2.75, 3.05) is 0 Å². The summed E-state index contributed by atoms with van der Waals surface area (Å²) in [6.45, 7) is 0. The molecule has 2 rings (SSSR count). The van der Waals surface area contributed by atoms with E-state index in [1.54, 1.807) is 0 Å². The molecule has 0 atom stereocenters. The minimum atomic E-state index is -1.06. The summed E-state index contributed by atoms with van der Waals surface area (Å²) in [5.41, 5.74) is 0.512. The Balaban J connectivity index is 2.14. The Hall–Kier alpha value is -2.28. The fourth-order valence-corrected chi connectivity index (χ4v) is 1.61. The molecule has 0 unspecified atom stereocenters. The molecule has 0 amide bonds. The van der Waals surface area contributed by atoms with Crippen molar-refractivity contribution in [2.24, 2.45) is 0 Å². The number of hydrogen-bond acceptors (Lipinski definition) is 4. The molecule has 0 saturated heterocycles. The predicted octanol–water partition coefficient (Wildman–Crippen LogP) is 3.27. The second-order valence-electron chi connectivity index (χ2n) is 3.65. The maximum atomic E-state index is 13.1. The van der Waals surface area contributed by atoms with E-state index >= 15 is 0 Å². The highest BCUT2D eigenvalue weighted by Gasteiger charge is 2.06. The number of halogens is 2. The first kappa shape index (κ1) is 14.1. The summed E-state index contributed by atoms with van der Waals surface area (Å²) in [5, 5.41) is 8.49. The van der Waals surface area contributed by atoms with Gasteiger partial charge in [0.2, 0.25) is 0 Å². The number of benzene rings is 1. The first-order valence-corrected chi connectivity index (χ1v) is 6.20. The third-order valence-electron chi connectivity index (χ3n) is 2.16. The van der Waals surface area contributed by atoms with Gasteiger partial charge in [-0.15, -0.1) is 0 Å². The zero-order valence-electron chi connectivity index (χ0n) is 9.96. The third kappa shape index (κ3) is 3.86. The van der Waals surface area contributed by atoms with Gasteiger partial charge in [0.15, 0.2) is 0 Å². The lowest BCUT2D eigenvalue weighted by molar-refractivity contribution is -0.131. The van der Waals surface area contributed by atoms with Crippen molar-refractivity contribution in [3.63, 3.8) is 0 Å². The highest BCUT2D eigenvalue weighted by molar-refractivity contribution is 9.10. The Kier molecular flexibility index (Phi) is 4.41. The van der Waals surface area contributed by atoms with Crippen LogP contribution in [0.25, 0.3) is 6.08 Å². The molecule has 0 aliphatic carbocycles. The van der Waals surface area contributed by atoms with Gasteiger partial charge in [-0.3, -0.25) is 0 Å². The number of aliphatic carboxylic acids is 1. The first-order valence-electron chi connectivity index (χ1n) is 5.40. The van der Waals surface area contributed by atoms with Gasteiger partial charge in [-0.1, -0.05) is 0 Å². The van der Waals surface area contributed by atoms with Gasteiger partial charge in [0.25, 0.3) is 0 Å². The molecular weight excluding hydrogens is 331 g/mol. The van der Waals surface area contributed by atoms with Crippen LogP contribution in [0.1, 0.15) is 5.56 Å². The number of carbonyl (C=O) groups is 1. The zero-order valence-corrected chi connectivity index (χ0v) is 11.5. The Bertz CT molecular complexity index is 659. The van der Waals surface area contributed by atoms with E-state index in [-0.39, 0.29) is 11.8 Å². The predicted molar refractivity (Wildman–Crippen MR) is 72.9 cm³/mol. The van der Waals surface area contributed by atoms with Crippen LogP contribution in [0.15, 0.2) is 41.1 Å². The fraction of sp³-hybridized carbons (Fsp3) is 0. The van der Waals surface area contributed by atoms with E-state index in [1.807, 2.05) is 0 Å². The van der Waals surface area contributed by atoms with E-state index in [0.29, 0.717) is 10.0 Å². The van der Waals surface area contributed by atoms with Crippen LogP contribution in [0.2, 0.25) is 0 Å². The molecule has 0 aliphatic heterocycles. The van der Waals surface area contributed by atoms with Gasteiger partial charge in [0.05, 0.1) is 4.47 Å². The summed E-state index contributed by atoms with van der Waals surface area (Å²) in [7, 11) is 0.